The number of halogens is 1. The second-order valence-electron chi connectivity index (χ2n) is 4.23. The van der Waals surface area contributed by atoms with E-state index in [9.17, 15) is 4.39 Å². The third-order valence-electron chi connectivity index (χ3n) is 2.63. The number of anilines is 1. The quantitative estimate of drug-likeness (QED) is 0.727. The Hall–Kier alpha value is -1.16. The highest BCUT2D eigenvalue weighted by Crippen LogP contribution is 2.25. The van der Waals surface area contributed by atoms with E-state index < -0.39 is 0 Å². The van der Waals surface area contributed by atoms with E-state index in [1.807, 2.05) is 0 Å². The molecule has 88 valence electrons. The van der Waals surface area contributed by atoms with Crippen LogP contribution in [0, 0.1) is 5.82 Å². The number of nitrogens with zero attached hydrogens (tertiary/aromatic N) is 1. The van der Waals surface area contributed by atoms with Crippen molar-refractivity contribution in [1.82, 2.24) is 10.3 Å². The maximum atomic E-state index is 13.9. The average Bonchev–Trinajstić information content (AvgIpc) is 3.08. The molecular formula is C12H18FN3. The molecule has 0 bridgehead atoms. The number of rotatable bonds is 6. The first-order chi connectivity index (χ1) is 7.81. The summed E-state index contributed by atoms with van der Waals surface area (Å²) in [5.74, 6) is 0.191. The second-order valence-corrected chi connectivity index (χ2v) is 4.23. The molecule has 0 atom stereocenters. The lowest BCUT2D eigenvalue weighted by molar-refractivity contribution is 0.583. The first-order valence-electron chi connectivity index (χ1n) is 5.92. The Kier molecular flexibility index (Phi) is 3.72. The lowest BCUT2D eigenvalue weighted by Gasteiger charge is -2.09. The minimum Gasteiger partial charge on any atom is -0.365 e. The molecule has 0 unspecified atom stereocenters. The van der Waals surface area contributed by atoms with Crippen molar-refractivity contribution in [1.29, 1.82) is 0 Å². The normalized spacial score (nSPS) is 15.1. The van der Waals surface area contributed by atoms with Crippen LogP contribution in [0.15, 0.2) is 12.3 Å². The number of pyridine rings is 1. The van der Waals surface area contributed by atoms with Crippen LogP contribution in [-0.4, -0.2) is 17.6 Å². The lowest BCUT2D eigenvalue weighted by Crippen LogP contribution is -2.16. The largest absolute Gasteiger partial charge is 0.365 e. The Morgan fingerprint density at radius 3 is 3.00 bits per heavy atom. The van der Waals surface area contributed by atoms with E-state index in [-0.39, 0.29) is 5.82 Å². The molecule has 1 fully saturated rings. The third kappa shape index (κ3) is 2.92. The summed E-state index contributed by atoms with van der Waals surface area (Å²) in [4.78, 5) is 4.03. The van der Waals surface area contributed by atoms with E-state index in [4.69, 9.17) is 0 Å². The van der Waals surface area contributed by atoms with Gasteiger partial charge in [0.25, 0.3) is 0 Å². The molecule has 0 amide bonds. The van der Waals surface area contributed by atoms with Crippen molar-refractivity contribution >= 4 is 5.82 Å². The van der Waals surface area contributed by atoms with Gasteiger partial charge < -0.3 is 10.6 Å². The van der Waals surface area contributed by atoms with Gasteiger partial charge in [-0.05, 0) is 31.9 Å². The molecule has 1 aliphatic rings. The van der Waals surface area contributed by atoms with Crippen molar-refractivity contribution in [2.24, 2.45) is 0 Å². The molecule has 0 saturated heterocycles. The van der Waals surface area contributed by atoms with Crippen molar-refractivity contribution in [2.45, 2.75) is 38.8 Å². The molecule has 1 aliphatic carbocycles. The number of hydrogen-bond acceptors (Lipinski definition) is 3. The third-order valence-corrected chi connectivity index (χ3v) is 2.63. The zero-order valence-corrected chi connectivity index (χ0v) is 9.59. The van der Waals surface area contributed by atoms with E-state index in [0.717, 1.165) is 25.8 Å². The molecule has 1 saturated carbocycles. The number of aromatic nitrogens is 1. The summed E-state index contributed by atoms with van der Waals surface area (Å²) in [6, 6.07) is 2.16. The van der Waals surface area contributed by atoms with Gasteiger partial charge in [-0.3, -0.25) is 0 Å². The van der Waals surface area contributed by atoms with E-state index in [2.05, 4.69) is 22.5 Å². The minimum atomic E-state index is -0.210. The molecule has 2 rings (SSSR count). The molecule has 1 aromatic rings. The van der Waals surface area contributed by atoms with Crippen molar-refractivity contribution in [3.8, 4) is 0 Å². The summed E-state index contributed by atoms with van der Waals surface area (Å²) in [7, 11) is 0. The Morgan fingerprint density at radius 2 is 2.31 bits per heavy atom. The molecule has 0 aliphatic heterocycles. The predicted molar refractivity (Wildman–Crippen MR) is 62.8 cm³/mol. The standard InChI is InChI=1S/C12H18FN3/c1-2-6-14-8-9-5-7-15-12(11(9)13)16-10-3-4-10/h5,7,10,14H,2-4,6,8H2,1H3,(H,15,16). The van der Waals surface area contributed by atoms with Crippen LogP contribution in [-0.2, 0) is 6.54 Å². The van der Waals surface area contributed by atoms with E-state index in [1.54, 1.807) is 12.3 Å². The summed E-state index contributed by atoms with van der Waals surface area (Å²) >= 11 is 0. The fraction of sp³-hybridized carbons (Fsp3) is 0.583. The fourth-order valence-corrected chi connectivity index (χ4v) is 1.54. The molecule has 4 heteroatoms. The summed E-state index contributed by atoms with van der Waals surface area (Å²) < 4.78 is 13.9. The van der Waals surface area contributed by atoms with E-state index in [0.29, 0.717) is 24.0 Å². The number of nitrogens with one attached hydrogen (secondary N) is 2. The maximum Gasteiger partial charge on any atom is 0.169 e. The molecule has 3 nitrogen and oxygen atoms in total. The zero-order chi connectivity index (χ0) is 11.4. The van der Waals surface area contributed by atoms with E-state index in [1.165, 1.54) is 0 Å². The van der Waals surface area contributed by atoms with Gasteiger partial charge in [0.15, 0.2) is 11.6 Å². The van der Waals surface area contributed by atoms with Gasteiger partial charge in [0.2, 0.25) is 0 Å². The van der Waals surface area contributed by atoms with Gasteiger partial charge in [-0.15, -0.1) is 0 Å². The summed E-state index contributed by atoms with van der Waals surface area (Å²) in [5.41, 5.74) is 0.687. The Labute approximate surface area is 95.5 Å². The van der Waals surface area contributed by atoms with Crippen LogP contribution in [0.5, 0.6) is 0 Å². The van der Waals surface area contributed by atoms with Crippen LogP contribution in [0.25, 0.3) is 0 Å². The predicted octanol–water partition coefficient (Wildman–Crippen LogP) is 2.29. The summed E-state index contributed by atoms with van der Waals surface area (Å²) in [6.45, 7) is 3.57. The highest BCUT2D eigenvalue weighted by atomic mass is 19.1. The first kappa shape index (κ1) is 11.3. The smallest absolute Gasteiger partial charge is 0.169 e. The lowest BCUT2D eigenvalue weighted by atomic mass is 10.2. The highest BCUT2D eigenvalue weighted by Gasteiger charge is 2.23. The molecule has 1 aromatic heterocycles. The number of hydrogen-bond donors (Lipinski definition) is 2. The Bertz CT molecular complexity index is 350. The van der Waals surface area contributed by atoms with Crippen molar-refractivity contribution < 1.29 is 4.39 Å². The van der Waals surface area contributed by atoms with Crippen LogP contribution < -0.4 is 10.6 Å². The van der Waals surface area contributed by atoms with Gasteiger partial charge in [-0.1, -0.05) is 6.92 Å². The first-order valence-corrected chi connectivity index (χ1v) is 5.92. The van der Waals surface area contributed by atoms with Crippen molar-refractivity contribution in [3.05, 3.63) is 23.6 Å². The van der Waals surface area contributed by atoms with Crippen LogP contribution in [0.2, 0.25) is 0 Å². The maximum absolute atomic E-state index is 13.9. The van der Waals surface area contributed by atoms with Crippen LogP contribution in [0.1, 0.15) is 31.7 Å². The molecule has 2 N–H and O–H groups in total. The molecule has 16 heavy (non-hydrogen) atoms. The minimum absolute atomic E-state index is 0.210. The van der Waals surface area contributed by atoms with Gasteiger partial charge >= 0.3 is 0 Å². The van der Waals surface area contributed by atoms with Gasteiger partial charge in [0.1, 0.15) is 0 Å². The van der Waals surface area contributed by atoms with Gasteiger partial charge in [0.05, 0.1) is 0 Å². The van der Waals surface area contributed by atoms with Gasteiger partial charge in [-0.2, -0.15) is 0 Å². The van der Waals surface area contributed by atoms with Gasteiger partial charge in [-0.25, -0.2) is 9.37 Å². The topological polar surface area (TPSA) is 37.0 Å². The monoisotopic (exact) mass is 223 g/mol. The summed E-state index contributed by atoms with van der Waals surface area (Å²) in [5, 5.41) is 6.29. The SMILES string of the molecule is CCCNCc1ccnc(NC2CC2)c1F. The van der Waals surface area contributed by atoms with Crippen LogP contribution >= 0.6 is 0 Å². The average molecular weight is 223 g/mol. The summed E-state index contributed by atoms with van der Waals surface area (Å²) in [6.07, 6.45) is 4.97. The highest BCUT2D eigenvalue weighted by molar-refractivity contribution is 5.41. The Morgan fingerprint density at radius 1 is 1.50 bits per heavy atom. The molecule has 1 heterocycles. The van der Waals surface area contributed by atoms with E-state index >= 15 is 0 Å². The molecule has 0 radical (unpaired) electrons. The van der Waals surface area contributed by atoms with Gasteiger partial charge in [0, 0.05) is 24.3 Å². The Balaban J connectivity index is 1.99. The second kappa shape index (κ2) is 5.25. The molecule has 0 aromatic carbocycles. The fourth-order valence-electron chi connectivity index (χ4n) is 1.54. The molecule has 0 spiro atoms. The zero-order valence-electron chi connectivity index (χ0n) is 9.59. The molecular weight excluding hydrogens is 205 g/mol. The van der Waals surface area contributed by atoms with Crippen LogP contribution in [0.3, 0.4) is 0 Å². The van der Waals surface area contributed by atoms with Crippen LogP contribution in [0.4, 0.5) is 10.2 Å². The van der Waals surface area contributed by atoms with Crippen molar-refractivity contribution in [3.63, 3.8) is 0 Å². The van der Waals surface area contributed by atoms with Crippen molar-refractivity contribution in [2.75, 3.05) is 11.9 Å².